The molecule has 5 heteroatoms. The maximum absolute atomic E-state index is 5.24. The van der Waals surface area contributed by atoms with E-state index in [1.807, 2.05) is 31.2 Å². The van der Waals surface area contributed by atoms with Crippen LogP contribution in [0.15, 0.2) is 24.3 Å². The largest absolute Gasteiger partial charge is 0.383 e. The van der Waals surface area contributed by atoms with E-state index in [2.05, 4.69) is 27.5 Å². The van der Waals surface area contributed by atoms with E-state index in [9.17, 15) is 0 Å². The van der Waals surface area contributed by atoms with Gasteiger partial charge in [-0.25, -0.2) is 4.98 Å². The van der Waals surface area contributed by atoms with Crippen molar-refractivity contribution in [2.45, 2.75) is 26.3 Å². The third kappa shape index (κ3) is 3.36. The summed E-state index contributed by atoms with van der Waals surface area (Å²) in [6, 6.07) is 8.27. The van der Waals surface area contributed by atoms with Gasteiger partial charge in [-0.1, -0.05) is 19.1 Å². The summed E-state index contributed by atoms with van der Waals surface area (Å²) in [5.74, 6) is 1.51. The molecule has 1 unspecified atom stereocenters. The zero-order valence-corrected chi connectivity index (χ0v) is 12.3. The maximum Gasteiger partial charge on any atom is 0.225 e. The molecule has 2 aromatic rings. The Morgan fingerprint density at radius 1 is 1.20 bits per heavy atom. The number of anilines is 2. The third-order valence-electron chi connectivity index (χ3n) is 3.14. The molecule has 0 aliphatic rings. The summed E-state index contributed by atoms with van der Waals surface area (Å²) < 4.78 is 5.24. The summed E-state index contributed by atoms with van der Waals surface area (Å²) in [4.78, 5) is 9.08. The second kappa shape index (κ2) is 7.05. The quantitative estimate of drug-likeness (QED) is 0.813. The molecule has 2 rings (SSSR count). The maximum atomic E-state index is 5.24. The van der Waals surface area contributed by atoms with Crippen LogP contribution in [0.2, 0.25) is 0 Å². The Labute approximate surface area is 119 Å². The topological polar surface area (TPSA) is 59.1 Å². The molecule has 2 N–H and O–H groups in total. The van der Waals surface area contributed by atoms with E-state index in [0.717, 1.165) is 29.7 Å². The van der Waals surface area contributed by atoms with Gasteiger partial charge in [-0.3, -0.25) is 0 Å². The fourth-order valence-electron chi connectivity index (χ4n) is 2.08. The molecule has 5 nitrogen and oxygen atoms in total. The van der Waals surface area contributed by atoms with Crippen molar-refractivity contribution in [1.29, 1.82) is 0 Å². The van der Waals surface area contributed by atoms with Crippen molar-refractivity contribution in [3.05, 3.63) is 24.3 Å². The Bertz CT molecular complexity index is 559. The first kappa shape index (κ1) is 14.5. The van der Waals surface area contributed by atoms with Gasteiger partial charge in [0.05, 0.1) is 18.2 Å². The van der Waals surface area contributed by atoms with Gasteiger partial charge in [0.2, 0.25) is 5.95 Å². The number of fused-ring (bicyclic) bond motifs is 1. The van der Waals surface area contributed by atoms with Crippen LogP contribution in [0.25, 0.3) is 10.9 Å². The lowest BCUT2D eigenvalue weighted by atomic mass is 10.2. The lowest BCUT2D eigenvalue weighted by Crippen LogP contribution is -2.25. The van der Waals surface area contributed by atoms with Gasteiger partial charge in [0, 0.05) is 19.0 Å². The van der Waals surface area contributed by atoms with Gasteiger partial charge < -0.3 is 15.4 Å². The first-order valence-electron chi connectivity index (χ1n) is 7.04. The van der Waals surface area contributed by atoms with Gasteiger partial charge in [-0.05, 0) is 25.5 Å². The molecule has 0 amide bonds. The van der Waals surface area contributed by atoms with E-state index in [1.165, 1.54) is 0 Å². The highest BCUT2D eigenvalue weighted by atomic mass is 16.5. The standard InChI is InChI=1S/C15H22N4O/c1-4-11(10-20-3)17-14-12-8-6-7-9-13(12)18-15(19-14)16-5-2/h6-9,11H,4-5,10H2,1-3H3,(H2,16,17,18,19). The van der Waals surface area contributed by atoms with Crippen LogP contribution in [0.3, 0.4) is 0 Å². The molecule has 0 spiro atoms. The molecule has 1 aromatic carbocycles. The van der Waals surface area contributed by atoms with E-state index in [0.29, 0.717) is 12.6 Å². The number of rotatable bonds is 7. The number of nitrogens with zero attached hydrogens (tertiary/aromatic N) is 2. The van der Waals surface area contributed by atoms with Crippen molar-refractivity contribution >= 4 is 22.7 Å². The van der Waals surface area contributed by atoms with Gasteiger partial charge in [-0.2, -0.15) is 4.98 Å². The molecule has 1 atom stereocenters. The first-order chi connectivity index (χ1) is 9.78. The number of nitrogens with one attached hydrogen (secondary N) is 2. The van der Waals surface area contributed by atoms with Crippen molar-refractivity contribution in [3.8, 4) is 0 Å². The second-order valence-electron chi connectivity index (χ2n) is 4.65. The van der Waals surface area contributed by atoms with Gasteiger partial charge in [0.25, 0.3) is 0 Å². The minimum Gasteiger partial charge on any atom is -0.383 e. The zero-order chi connectivity index (χ0) is 14.4. The van der Waals surface area contributed by atoms with Crippen molar-refractivity contribution in [3.63, 3.8) is 0 Å². The van der Waals surface area contributed by atoms with Crippen molar-refractivity contribution < 1.29 is 4.74 Å². The Hall–Kier alpha value is -1.88. The Morgan fingerprint density at radius 3 is 2.70 bits per heavy atom. The van der Waals surface area contributed by atoms with Crippen LogP contribution in [0.4, 0.5) is 11.8 Å². The lowest BCUT2D eigenvalue weighted by molar-refractivity contribution is 0.184. The summed E-state index contributed by atoms with van der Waals surface area (Å²) >= 11 is 0. The Kier molecular flexibility index (Phi) is 5.12. The van der Waals surface area contributed by atoms with E-state index in [4.69, 9.17) is 4.74 Å². The summed E-state index contributed by atoms with van der Waals surface area (Å²) in [6.07, 6.45) is 0.975. The fourth-order valence-corrected chi connectivity index (χ4v) is 2.08. The van der Waals surface area contributed by atoms with Crippen LogP contribution in [0.5, 0.6) is 0 Å². The van der Waals surface area contributed by atoms with Gasteiger partial charge in [0.1, 0.15) is 5.82 Å². The molecule has 0 bridgehead atoms. The minimum absolute atomic E-state index is 0.243. The van der Waals surface area contributed by atoms with E-state index < -0.39 is 0 Å². The predicted molar refractivity (Wildman–Crippen MR) is 83.3 cm³/mol. The van der Waals surface area contributed by atoms with Gasteiger partial charge in [-0.15, -0.1) is 0 Å². The number of ether oxygens (including phenoxy) is 1. The molecule has 20 heavy (non-hydrogen) atoms. The van der Waals surface area contributed by atoms with E-state index in [-0.39, 0.29) is 6.04 Å². The molecule has 0 saturated heterocycles. The van der Waals surface area contributed by atoms with Gasteiger partial charge in [0.15, 0.2) is 0 Å². The SMILES string of the molecule is CCNc1nc(NC(CC)COC)c2ccccc2n1. The molecule has 108 valence electrons. The molecule has 0 aliphatic carbocycles. The average Bonchev–Trinajstić information content (AvgIpc) is 2.47. The molecule has 0 aliphatic heterocycles. The molecule has 0 radical (unpaired) electrons. The van der Waals surface area contributed by atoms with Crippen molar-refractivity contribution in [1.82, 2.24) is 9.97 Å². The van der Waals surface area contributed by atoms with Crippen LogP contribution >= 0.6 is 0 Å². The number of para-hydroxylation sites is 1. The van der Waals surface area contributed by atoms with Crippen LogP contribution in [0, 0.1) is 0 Å². The predicted octanol–water partition coefficient (Wildman–Crippen LogP) is 2.90. The summed E-state index contributed by atoms with van der Waals surface area (Å²) in [5, 5.41) is 7.66. The molecule has 1 aromatic heterocycles. The second-order valence-corrected chi connectivity index (χ2v) is 4.65. The number of benzene rings is 1. The number of hydrogen-bond donors (Lipinski definition) is 2. The van der Waals surface area contributed by atoms with Crippen LogP contribution in [-0.2, 0) is 4.74 Å². The Balaban J connectivity index is 2.38. The summed E-state index contributed by atoms with van der Waals surface area (Å²) in [6.45, 7) is 5.62. The number of hydrogen-bond acceptors (Lipinski definition) is 5. The zero-order valence-electron chi connectivity index (χ0n) is 12.3. The molecular weight excluding hydrogens is 252 g/mol. The first-order valence-corrected chi connectivity index (χ1v) is 7.04. The van der Waals surface area contributed by atoms with E-state index in [1.54, 1.807) is 7.11 Å². The molecular formula is C15H22N4O. The van der Waals surface area contributed by atoms with Crippen molar-refractivity contribution in [2.24, 2.45) is 0 Å². The third-order valence-corrected chi connectivity index (χ3v) is 3.14. The fraction of sp³-hybridized carbons (Fsp3) is 0.467. The lowest BCUT2D eigenvalue weighted by Gasteiger charge is -2.18. The normalized spacial score (nSPS) is 12.3. The van der Waals surface area contributed by atoms with Crippen molar-refractivity contribution in [2.75, 3.05) is 30.9 Å². The van der Waals surface area contributed by atoms with Crippen LogP contribution in [0.1, 0.15) is 20.3 Å². The smallest absolute Gasteiger partial charge is 0.225 e. The molecule has 0 fully saturated rings. The molecule has 1 heterocycles. The van der Waals surface area contributed by atoms with Crippen LogP contribution < -0.4 is 10.6 Å². The monoisotopic (exact) mass is 274 g/mol. The van der Waals surface area contributed by atoms with Crippen LogP contribution in [-0.4, -0.2) is 36.3 Å². The average molecular weight is 274 g/mol. The number of aromatic nitrogens is 2. The molecule has 0 saturated carbocycles. The number of methoxy groups -OCH3 is 1. The van der Waals surface area contributed by atoms with Gasteiger partial charge >= 0.3 is 0 Å². The highest BCUT2D eigenvalue weighted by Gasteiger charge is 2.11. The Morgan fingerprint density at radius 2 is 2.00 bits per heavy atom. The minimum atomic E-state index is 0.243. The van der Waals surface area contributed by atoms with E-state index >= 15 is 0 Å². The highest BCUT2D eigenvalue weighted by Crippen LogP contribution is 2.22. The summed E-state index contributed by atoms with van der Waals surface area (Å²) in [5.41, 5.74) is 0.938. The highest BCUT2D eigenvalue weighted by molar-refractivity contribution is 5.90. The summed E-state index contributed by atoms with van der Waals surface area (Å²) in [7, 11) is 1.71.